The fourth-order valence-corrected chi connectivity index (χ4v) is 3.70. The highest BCUT2D eigenvalue weighted by molar-refractivity contribution is 5.82. The molecule has 1 N–H and O–H groups in total. The number of nitrogens with one attached hydrogen (secondary N) is 1. The number of aromatic nitrogens is 2. The SMILES string of the molecule is Cc1n(CCCNC(=O)C(OC2CCCCC2)c2ccccc2)cc[n+]1C. The number of amides is 1. The molecule has 1 heterocycles. The van der Waals surface area contributed by atoms with E-state index >= 15 is 0 Å². The quantitative estimate of drug-likeness (QED) is 0.573. The number of ether oxygens (including phenoxy) is 1. The predicted octanol–water partition coefficient (Wildman–Crippen LogP) is 3.22. The van der Waals surface area contributed by atoms with Gasteiger partial charge in [0.05, 0.1) is 19.7 Å². The molecule has 0 aliphatic heterocycles. The average Bonchev–Trinajstić information content (AvgIpc) is 3.03. The molecule has 5 nitrogen and oxygen atoms in total. The molecule has 1 amide bonds. The molecule has 1 aliphatic rings. The van der Waals surface area contributed by atoms with Gasteiger partial charge in [0.2, 0.25) is 0 Å². The zero-order valence-corrected chi connectivity index (χ0v) is 16.6. The van der Waals surface area contributed by atoms with E-state index in [9.17, 15) is 4.79 Å². The molecule has 1 saturated carbocycles. The Morgan fingerprint density at radius 2 is 2.00 bits per heavy atom. The zero-order valence-electron chi connectivity index (χ0n) is 16.6. The highest BCUT2D eigenvalue weighted by Gasteiger charge is 2.26. The minimum absolute atomic E-state index is 0.0263. The number of imidazole rings is 1. The number of carbonyl (C=O) groups excluding carboxylic acids is 1. The Labute approximate surface area is 162 Å². The number of hydrogen-bond donors (Lipinski definition) is 1. The molecule has 27 heavy (non-hydrogen) atoms. The molecule has 1 fully saturated rings. The van der Waals surface area contributed by atoms with Gasteiger partial charge in [-0.1, -0.05) is 49.6 Å². The van der Waals surface area contributed by atoms with Gasteiger partial charge in [-0.05, 0) is 18.4 Å². The van der Waals surface area contributed by atoms with Crippen LogP contribution in [0.1, 0.15) is 56.0 Å². The molecule has 1 atom stereocenters. The molecule has 1 aliphatic carbocycles. The lowest BCUT2D eigenvalue weighted by Crippen LogP contribution is -2.34. The Hall–Kier alpha value is -2.14. The third-order valence-electron chi connectivity index (χ3n) is 5.49. The van der Waals surface area contributed by atoms with Gasteiger partial charge in [0.25, 0.3) is 11.7 Å². The van der Waals surface area contributed by atoms with E-state index in [0.717, 1.165) is 31.4 Å². The first kappa shape index (κ1) is 19.6. The summed E-state index contributed by atoms with van der Waals surface area (Å²) in [6, 6.07) is 9.87. The van der Waals surface area contributed by atoms with Crippen molar-refractivity contribution in [2.75, 3.05) is 6.54 Å². The van der Waals surface area contributed by atoms with Crippen LogP contribution in [-0.2, 0) is 23.1 Å². The van der Waals surface area contributed by atoms with E-state index in [1.807, 2.05) is 37.4 Å². The van der Waals surface area contributed by atoms with Gasteiger partial charge >= 0.3 is 0 Å². The summed E-state index contributed by atoms with van der Waals surface area (Å²) >= 11 is 0. The van der Waals surface area contributed by atoms with Gasteiger partial charge < -0.3 is 10.1 Å². The number of hydrogen-bond acceptors (Lipinski definition) is 2. The van der Waals surface area contributed by atoms with E-state index in [1.165, 1.54) is 25.1 Å². The van der Waals surface area contributed by atoms with Crippen LogP contribution in [0.4, 0.5) is 0 Å². The van der Waals surface area contributed by atoms with E-state index in [-0.39, 0.29) is 12.0 Å². The van der Waals surface area contributed by atoms with Crippen LogP contribution in [0.5, 0.6) is 0 Å². The molecule has 0 radical (unpaired) electrons. The molecule has 2 aromatic rings. The summed E-state index contributed by atoms with van der Waals surface area (Å²) < 4.78 is 10.6. The smallest absolute Gasteiger partial charge is 0.253 e. The molecule has 1 aromatic carbocycles. The van der Waals surface area contributed by atoms with Gasteiger partial charge in [0, 0.05) is 19.9 Å². The van der Waals surface area contributed by atoms with E-state index in [0.29, 0.717) is 6.54 Å². The third kappa shape index (κ3) is 5.42. The largest absolute Gasteiger partial charge is 0.360 e. The van der Waals surface area contributed by atoms with Crippen molar-refractivity contribution in [1.82, 2.24) is 9.88 Å². The number of aryl methyl sites for hydroxylation is 2. The van der Waals surface area contributed by atoms with Crippen molar-refractivity contribution in [1.29, 1.82) is 0 Å². The van der Waals surface area contributed by atoms with Crippen LogP contribution >= 0.6 is 0 Å². The maximum Gasteiger partial charge on any atom is 0.253 e. The first-order valence-corrected chi connectivity index (χ1v) is 10.1. The molecule has 0 saturated heterocycles. The highest BCUT2D eigenvalue weighted by atomic mass is 16.5. The second-order valence-electron chi connectivity index (χ2n) is 7.48. The first-order valence-electron chi connectivity index (χ1n) is 10.1. The Balaban J connectivity index is 1.54. The number of benzene rings is 1. The molecule has 146 valence electrons. The van der Waals surface area contributed by atoms with E-state index < -0.39 is 6.10 Å². The van der Waals surface area contributed by atoms with Crippen LogP contribution < -0.4 is 9.88 Å². The lowest BCUT2D eigenvalue weighted by molar-refractivity contribution is -0.677. The van der Waals surface area contributed by atoms with Crippen LogP contribution in [0.15, 0.2) is 42.7 Å². The normalized spacial score (nSPS) is 16.2. The summed E-state index contributed by atoms with van der Waals surface area (Å²) in [6.45, 7) is 3.64. The predicted molar refractivity (Wildman–Crippen MR) is 105 cm³/mol. The van der Waals surface area contributed by atoms with Crippen molar-refractivity contribution < 1.29 is 14.1 Å². The van der Waals surface area contributed by atoms with Crippen LogP contribution in [0.25, 0.3) is 0 Å². The summed E-state index contributed by atoms with van der Waals surface area (Å²) in [7, 11) is 2.04. The average molecular weight is 371 g/mol. The zero-order chi connectivity index (χ0) is 19.1. The molecular weight excluding hydrogens is 338 g/mol. The summed E-state index contributed by atoms with van der Waals surface area (Å²) in [5.74, 6) is 1.19. The molecule has 0 spiro atoms. The van der Waals surface area contributed by atoms with Gasteiger partial charge in [-0.3, -0.25) is 4.79 Å². The summed E-state index contributed by atoms with van der Waals surface area (Å²) in [6.07, 6.45) is 10.5. The van der Waals surface area contributed by atoms with Crippen molar-refractivity contribution in [2.45, 2.75) is 64.2 Å². The number of carbonyl (C=O) groups is 1. The second-order valence-corrected chi connectivity index (χ2v) is 7.48. The lowest BCUT2D eigenvalue weighted by atomic mass is 9.97. The summed E-state index contributed by atoms with van der Waals surface area (Å²) in [4.78, 5) is 12.9. The number of nitrogens with zero attached hydrogens (tertiary/aromatic N) is 2. The molecule has 3 rings (SSSR count). The fourth-order valence-electron chi connectivity index (χ4n) is 3.70. The first-order chi connectivity index (χ1) is 13.1. The van der Waals surface area contributed by atoms with E-state index in [4.69, 9.17) is 4.74 Å². The second kappa shape index (κ2) is 9.70. The van der Waals surface area contributed by atoms with Crippen molar-refractivity contribution in [3.05, 3.63) is 54.1 Å². The molecule has 0 bridgehead atoms. The van der Waals surface area contributed by atoms with Crippen molar-refractivity contribution in [3.63, 3.8) is 0 Å². The fraction of sp³-hybridized carbons (Fsp3) is 0.545. The maximum atomic E-state index is 12.9. The summed E-state index contributed by atoms with van der Waals surface area (Å²) in [5.41, 5.74) is 0.939. The summed E-state index contributed by atoms with van der Waals surface area (Å²) in [5, 5.41) is 3.08. The van der Waals surface area contributed by atoms with Crippen molar-refractivity contribution >= 4 is 5.91 Å². The van der Waals surface area contributed by atoms with Gasteiger partial charge in [-0.15, -0.1) is 0 Å². The molecule has 5 heteroatoms. The monoisotopic (exact) mass is 370 g/mol. The van der Waals surface area contributed by atoms with Crippen LogP contribution in [-0.4, -0.2) is 23.1 Å². The van der Waals surface area contributed by atoms with Gasteiger partial charge in [-0.25, -0.2) is 9.13 Å². The van der Waals surface area contributed by atoms with Crippen LogP contribution in [0, 0.1) is 6.92 Å². The van der Waals surface area contributed by atoms with E-state index in [1.54, 1.807) is 0 Å². The van der Waals surface area contributed by atoms with Gasteiger partial charge in [-0.2, -0.15) is 0 Å². The van der Waals surface area contributed by atoms with Gasteiger partial charge in [0.15, 0.2) is 6.10 Å². The van der Waals surface area contributed by atoms with Crippen LogP contribution in [0.2, 0.25) is 0 Å². The minimum Gasteiger partial charge on any atom is -0.360 e. The Bertz CT molecular complexity index is 720. The molecular formula is C22H32N3O2+. The maximum absolute atomic E-state index is 12.9. The molecule has 1 unspecified atom stereocenters. The lowest BCUT2D eigenvalue weighted by Gasteiger charge is -2.27. The van der Waals surface area contributed by atoms with Crippen molar-refractivity contribution in [2.24, 2.45) is 7.05 Å². The Kier molecular flexibility index (Phi) is 7.04. The number of rotatable bonds is 8. The topological polar surface area (TPSA) is 47.1 Å². The van der Waals surface area contributed by atoms with Crippen molar-refractivity contribution in [3.8, 4) is 0 Å². The standard InChI is InChI=1S/C22H31N3O2/c1-18-24(2)16-17-25(18)15-9-14-23-22(26)21(19-10-5-3-6-11-19)27-20-12-7-4-8-13-20/h3,5-6,10-11,16-17,20-21H,4,7-9,12-15H2,1-2H3/p+1. The highest BCUT2D eigenvalue weighted by Crippen LogP contribution is 2.27. The van der Waals surface area contributed by atoms with E-state index in [2.05, 4.69) is 33.8 Å². The van der Waals surface area contributed by atoms with Gasteiger partial charge in [0.1, 0.15) is 12.4 Å². The Morgan fingerprint density at radius 1 is 1.26 bits per heavy atom. The molecule has 1 aromatic heterocycles. The Morgan fingerprint density at radius 3 is 2.67 bits per heavy atom. The third-order valence-corrected chi connectivity index (χ3v) is 5.49. The minimum atomic E-state index is -0.514. The van der Waals surface area contributed by atoms with Crippen LogP contribution in [0.3, 0.4) is 0 Å².